The van der Waals surface area contributed by atoms with Crippen LogP contribution in [0.5, 0.6) is 5.75 Å². The van der Waals surface area contributed by atoms with Gasteiger partial charge in [-0.1, -0.05) is 44.2 Å². The highest BCUT2D eigenvalue weighted by Crippen LogP contribution is 2.55. The van der Waals surface area contributed by atoms with E-state index in [1.807, 2.05) is 18.2 Å². The van der Waals surface area contributed by atoms with Gasteiger partial charge in [-0.2, -0.15) is 0 Å². The zero-order chi connectivity index (χ0) is 24.7. The molecule has 0 spiro atoms. The van der Waals surface area contributed by atoms with Crippen molar-refractivity contribution in [3.8, 4) is 5.75 Å². The van der Waals surface area contributed by atoms with Gasteiger partial charge in [-0.05, 0) is 104 Å². The van der Waals surface area contributed by atoms with Crippen molar-refractivity contribution < 1.29 is 15.0 Å². The molecule has 0 radical (unpaired) electrons. The molecule has 4 N–H and O–H groups in total. The lowest BCUT2D eigenvalue weighted by Gasteiger charge is -2.58. The number of aryl methyl sites for hydroxylation is 1. The molecule has 35 heavy (non-hydrogen) atoms. The van der Waals surface area contributed by atoms with E-state index in [-0.39, 0.29) is 5.41 Å². The van der Waals surface area contributed by atoms with E-state index >= 15 is 0 Å². The average Bonchev–Trinajstić information content (AvgIpc) is 3.65. The van der Waals surface area contributed by atoms with E-state index in [1.165, 1.54) is 36.1 Å². The van der Waals surface area contributed by atoms with Crippen molar-refractivity contribution in [1.82, 2.24) is 4.90 Å². The van der Waals surface area contributed by atoms with Crippen molar-refractivity contribution >= 4 is 5.97 Å². The quantitative estimate of drug-likeness (QED) is 0.495. The molecule has 5 rings (SSSR count). The van der Waals surface area contributed by atoms with E-state index < -0.39 is 12.0 Å². The van der Waals surface area contributed by atoms with Gasteiger partial charge in [-0.25, -0.2) is 0 Å². The number of fused-ring (bicyclic) bond motifs is 4. The van der Waals surface area contributed by atoms with Crippen molar-refractivity contribution in [2.45, 2.75) is 76.3 Å². The minimum atomic E-state index is -0.962. The number of likely N-dealkylation sites (tertiary alicyclic amines) is 1. The van der Waals surface area contributed by atoms with Gasteiger partial charge in [0.25, 0.3) is 0 Å². The minimum Gasteiger partial charge on any atom is -0.508 e. The number of benzene rings is 2. The van der Waals surface area contributed by atoms with Crippen LogP contribution in [0.2, 0.25) is 0 Å². The van der Waals surface area contributed by atoms with Crippen molar-refractivity contribution in [3.63, 3.8) is 0 Å². The van der Waals surface area contributed by atoms with Crippen LogP contribution in [0.15, 0.2) is 42.5 Å². The molecule has 2 bridgehead atoms. The van der Waals surface area contributed by atoms with Crippen LogP contribution in [0.4, 0.5) is 0 Å². The largest absolute Gasteiger partial charge is 0.508 e. The van der Waals surface area contributed by atoms with Crippen molar-refractivity contribution in [2.75, 3.05) is 13.1 Å². The maximum absolute atomic E-state index is 11.1. The van der Waals surface area contributed by atoms with Crippen LogP contribution in [0, 0.1) is 17.8 Å². The summed E-state index contributed by atoms with van der Waals surface area (Å²) in [6.45, 7) is 7.30. The Labute approximate surface area is 209 Å². The predicted molar refractivity (Wildman–Crippen MR) is 139 cm³/mol. The number of carbonyl (C=O) groups is 1. The third-order valence-electron chi connectivity index (χ3n) is 9.43. The minimum absolute atomic E-state index is 0.0885. The van der Waals surface area contributed by atoms with E-state index in [4.69, 9.17) is 10.8 Å². The van der Waals surface area contributed by atoms with Gasteiger partial charge >= 0.3 is 5.97 Å². The molecule has 188 valence electrons. The molecule has 2 aromatic carbocycles. The number of aromatic hydroxyl groups is 1. The molecule has 1 aliphatic heterocycles. The number of hydrogen-bond acceptors (Lipinski definition) is 4. The molecular weight excluding hydrogens is 436 g/mol. The number of aliphatic carboxylic acids is 1. The third-order valence-corrected chi connectivity index (χ3v) is 9.43. The number of nitrogens with zero attached hydrogens (tertiary/aromatic N) is 1. The number of phenols is 1. The first-order valence-corrected chi connectivity index (χ1v) is 13.4. The molecule has 1 heterocycles. The summed E-state index contributed by atoms with van der Waals surface area (Å²) in [5.41, 5.74) is 10.8. The van der Waals surface area contributed by atoms with E-state index in [1.54, 1.807) is 0 Å². The number of phenolic OH excluding ortho intramolecular Hbond substituents is 1. The zero-order valence-electron chi connectivity index (χ0n) is 21.1. The van der Waals surface area contributed by atoms with Gasteiger partial charge in [0.2, 0.25) is 0 Å². The SMILES string of the molecule is CC(CCc1ccc(C[C@H](N)C(=O)O)cc1)[C@@]12CCN(CC3CC3)[C@H](Cc3ccc(O)cc31)[C@@H]2C. The van der Waals surface area contributed by atoms with Gasteiger partial charge in [0.1, 0.15) is 11.8 Å². The normalized spacial score (nSPS) is 27.7. The summed E-state index contributed by atoms with van der Waals surface area (Å²) >= 11 is 0. The summed E-state index contributed by atoms with van der Waals surface area (Å²) in [6.07, 6.45) is 7.47. The molecule has 5 heteroatoms. The lowest BCUT2D eigenvalue weighted by molar-refractivity contribution is -0.138. The summed E-state index contributed by atoms with van der Waals surface area (Å²) in [5, 5.41) is 19.5. The molecule has 3 aliphatic rings. The number of rotatable bonds is 9. The van der Waals surface area contributed by atoms with Crippen LogP contribution >= 0.6 is 0 Å². The van der Waals surface area contributed by atoms with Gasteiger partial charge in [0.15, 0.2) is 0 Å². The number of nitrogens with two attached hydrogens (primary N) is 1. The Kier molecular flexibility index (Phi) is 6.67. The summed E-state index contributed by atoms with van der Waals surface area (Å²) < 4.78 is 0. The van der Waals surface area contributed by atoms with Gasteiger partial charge in [-0.15, -0.1) is 0 Å². The van der Waals surface area contributed by atoms with Gasteiger partial charge in [0.05, 0.1) is 0 Å². The van der Waals surface area contributed by atoms with Crippen LogP contribution in [0.3, 0.4) is 0 Å². The standard InChI is InChI=1S/C30H40N2O3/c1-19(3-4-21-5-7-22(8-6-21)15-27(31)29(34)35)30-13-14-32(18-23-9-10-23)28(20(30)2)16-24-11-12-25(33)17-26(24)30/h5-8,11-12,17,19-20,23,27-28,33H,3-4,9-10,13-16,18,31H2,1-2H3,(H,34,35)/t19?,20-,27-,28+,30+/m0/s1. The second kappa shape index (κ2) is 9.59. The Morgan fingerprint density at radius 3 is 2.57 bits per heavy atom. The molecule has 5 nitrogen and oxygen atoms in total. The first-order valence-electron chi connectivity index (χ1n) is 13.4. The van der Waals surface area contributed by atoms with Crippen molar-refractivity contribution in [1.29, 1.82) is 0 Å². The summed E-state index contributed by atoms with van der Waals surface area (Å²) in [7, 11) is 0. The van der Waals surface area contributed by atoms with Gasteiger partial charge in [0, 0.05) is 18.0 Å². The Hall–Kier alpha value is -2.37. The van der Waals surface area contributed by atoms with E-state index in [9.17, 15) is 9.90 Å². The molecule has 1 saturated carbocycles. The number of carboxylic acid groups (broad SMARTS) is 1. The summed E-state index contributed by atoms with van der Waals surface area (Å²) in [5.74, 6) is 1.37. The van der Waals surface area contributed by atoms with E-state index in [2.05, 4.69) is 43.0 Å². The first-order chi connectivity index (χ1) is 16.8. The lowest BCUT2D eigenvalue weighted by Crippen LogP contribution is -2.61. The Morgan fingerprint density at radius 2 is 1.89 bits per heavy atom. The molecule has 2 aromatic rings. The molecule has 0 amide bonds. The van der Waals surface area contributed by atoms with Gasteiger partial charge < -0.3 is 15.9 Å². The second-order valence-electron chi connectivity index (χ2n) is 11.5. The van der Waals surface area contributed by atoms with Crippen molar-refractivity contribution in [2.24, 2.45) is 23.5 Å². The van der Waals surface area contributed by atoms with Crippen molar-refractivity contribution in [3.05, 3.63) is 64.7 Å². The monoisotopic (exact) mass is 476 g/mol. The van der Waals surface area contributed by atoms with Gasteiger partial charge in [-0.3, -0.25) is 9.69 Å². The first kappa shape index (κ1) is 24.3. The number of carboxylic acids is 1. The van der Waals surface area contributed by atoms with Crippen LogP contribution in [-0.2, 0) is 29.5 Å². The number of piperidine rings is 1. The Morgan fingerprint density at radius 1 is 1.17 bits per heavy atom. The topological polar surface area (TPSA) is 86.8 Å². The molecule has 2 fully saturated rings. The van der Waals surface area contributed by atoms with E-state index in [0.717, 1.165) is 43.7 Å². The maximum atomic E-state index is 11.1. The summed E-state index contributed by atoms with van der Waals surface area (Å²) in [4.78, 5) is 13.8. The fraction of sp³-hybridized carbons (Fsp3) is 0.567. The predicted octanol–water partition coefficient (Wildman–Crippen LogP) is 4.53. The average molecular weight is 477 g/mol. The highest BCUT2D eigenvalue weighted by Gasteiger charge is 2.54. The molecule has 5 atom stereocenters. The van der Waals surface area contributed by atoms with Crippen LogP contribution in [0.1, 0.15) is 61.8 Å². The number of hydrogen-bond donors (Lipinski definition) is 3. The van der Waals surface area contributed by atoms with Crippen LogP contribution < -0.4 is 5.73 Å². The molecule has 1 saturated heterocycles. The van der Waals surface area contributed by atoms with Crippen LogP contribution in [-0.4, -0.2) is 46.3 Å². The third kappa shape index (κ3) is 4.73. The molecule has 2 aliphatic carbocycles. The molecule has 1 unspecified atom stereocenters. The maximum Gasteiger partial charge on any atom is 0.320 e. The Bertz CT molecular complexity index is 1060. The molecule has 0 aromatic heterocycles. The fourth-order valence-corrected chi connectivity index (χ4v) is 7.11. The lowest BCUT2D eigenvalue weighted by atomic mass is 9.52. The zero-order valence-corrected chi connectivity index (χ0v) is 21.1. The second-order valence-corrected chi connectivity index (χ2v) is 11.5. The highest BCUT2D eigenvalue weighted by atomic mass is 16.4. The fourth-order valence-electron chi connectivity index (χ4n) is 7.11. The summed E-state index contributed by atoms with van der Waals surface area (Å²) in [6, 6.07) is 14.1. The molecular formula is C30H40N2O3. The Balaban J connectivity index is 1.34. The van der Waals surface area contributed by atoms with Crippen LogP contribution in [0.25, 0.3) is 0 Å². The van der Waals surface area contributed by atoms with E-state index in [0.29, 0.717) is 30.0 Å². The smallest absolute Gasteiger partial charge is 0.320 e. The highest BCUT2D eigenvalue weighted by molar-refractivity contribution is 5.73.